The van der Waals surface area contributed by atoms with Gasteiger partial charge in [0.05, 0.1) is 17.7 Å². The maximum atomic E-state index is 14.5. The second-order valence-corrected chi connectivity index (χ2v) is 10.1. The Morgan fingerprint density at radius 2 is 1.74 bits per heavy atom. The Morgan fingerprint density at radius 3 is 2.38 bits per heavy atom. The second-order valence-electron chi connectivity index (χ2n) is 10.1. The number of nitriles is 1. The van der Waals surface area contributed by atoms with Crippen molar-refractivity contribution in [3.05, 3.63) is 83.2 Å². The lowest BCUT2D eigenvalue weighted by atomic mass is 9.95. The average Bonchev–Trinajstić information content (AvgIpc) is 3.28. The minimum Gasteiger partial charge on any atom is -0.444 e. The van der Waals surface area contributed by atoms with Crippen molar-refractivity contribution in [1.82, 2.24) is 4.90 Å². The first-order chi connectivity index (χ1) is 16.2. The molecule has 0 bridgehead atoms. The predicted octanol–water partition coefficient (Wildman–Crippen LogP) is 7.48. The maximum absolute atomic E-state index is 14.5. The minimum atomic E-state index is -0.620. The Labute approximate surface area is 201 Å². The quantitative estimate of drug-likeness (QED) is 0.407. The Hall–Kier alpha value is -3.39. The lowest BCUT2D eigenvalue weighted by Crippen LogP contribution is -2.44. The summed E-state index contributed by atoms with van der Waals surface area (Å²) in [5, 5.41) is 10.5. The highest BCUT2D eigenvalue weighted by molar-refractivity contribution is 5.87. The third-order valence-corrected chi connectivity index (χ3v) is 6.69. The lowest BCUT2D eigenvalue weighted by Gasteiger charge is -2.37. The number of benzene rings is 3. The van der Waals surface area contributed by atoms with E-state index < -0.39 is 5.60 Å². The topological polar surface area (TPSA) is 53.3 Å². The van der Waals surface area contributed by atoms with E-state index >= 15 is 0 Å². The lowest BCUT2D eigenvalue weighted by molar-refractivity contribution is 0.00693. The van der Waals surface area contributed by atoms with Crippen LogP contribution in [0.1, 0.15) is 75.6 Å². The van der Waals surface area contributed by atoms with Crippen LogP contribution < -0.4 is 0 Å². The first kappa shape index (κ1) is 23.8. The summed E-state index contributed by atoms with van der Waals surface area (Å²) in [6, 6.07) is 20.3. The van der Waals surface area contributed by atoms with E-state index in [1.54, 1.807) is 12.1 Å². The molecule has 3 atom stereocenters. The summed E-state index contributed by atoms with van der Waals surface area (Å²) in [4.78, 5) is 15.3. The van der Waals surface area contributed by atoms with Crippen LogP contribution in [0.25, 0.3) is 10.8 Å². The molecule has 1 amide bonds. The molecule has 0 radical (unpaired) electrons. The van der Waals surface area contributed by atoms with Crippen LogP contribution in [0.4, 0.5) is 9.18 Å². The van der Waals surface area contributed by atoms with Crippen LogP contribution in [0.15, 0.2) is 60.7 Å². The molecule has 1 aliphatic rings. The molecule has 5 heteroatoms. The highest BCUT2D eigenvalue weighted by Gasteiger charge is 2.38. The molecule has 0 spiro atoms. The van der Waals surface area contributed by atoms with Crippen LogP contribution in [0.3, 0.4) is 0 Å². The number of nitrogens with zero attached hydrogens (tertiary/aromatic N) is 2. The Kier molecular flexibility index (Phi) is 6.61. The van der Waals surface area contributed by atoms with E-state index in [1.807, 2.05) is 75.1 Å². The number of amides is 1. The van der Waals surface area contributed by atoms with Crippen LogP contribution in [0.5, 0.6) is 0 Å². The summed E-state index contributed by atoms with van der Waals surface area (Å²) >= 11 is 0. The van der Waals surface area contributed by atoms with Gasteiger partial charge >= 0.3 is 6.09 Å². The molecule has 4 nitrogen and oxygen atoms in total. The molecular formula is C29H31FN2O2. The molecule has 1 saturated carbocycles. The van der Waals surface area contributed by atoms with E-state index in [1.165, 1.54) is 11.6 Å². The Morgan fingerprint density at radius 1 is 1.06 bits per heavy atom. The highest BCUT2D eigenvalue weighted by Crippen LogP contribution is 2.41. The Bertz CT molecular complexity index is 1220. The average molecular weight is 459 g/mol. The summed E-state index contributed by atoms with van der Waals surface area (Å²) < 4.78 is 20.3. The summed E-state index contributed by atoms with van der Waals surface area (Å²) in [5.41, 5.74) is 2.12. The van der Waals surface area contributed by atoms with E-state index in [9.17, 15) is 9.18 Å². The monoisotopic (exact) mass is 458 g/mol. The van der Waals surface area contributed by atoms with Crippen molar-refractivity contribution in [3.8, 4) is 6.07 Å². The van der Waals surface area contributed by atoms with Gasteiger partial charge in [-0.25, -0.2) is 9.18 Å². The third-order valence-electron chi connectivity index (χ3n) is 6.69. The van der Waals surface area contributed by atoms with Crippen LogP contribution in [-0.2, 0) is 4.74 Å². The molecule has 3 aromatic rings. The van der Waals surface area contributed by atoms with E-state index in [2.05, 4.69) is 6.07 Å². The molecule has 3 aromatic carbocycles. The molecule has 1 fully saturated rings. The van der Waals surface area contributed by atoms with E-state index in [4.69, 9.17) is 10.00 Å². The van der Waals surface area contributed by atoms with Crippen LogP contribution in [0, 0.1) is 17.1 Å². The summed E-state index contributed by atoms with van der Waals surface area (Å²) in [7, 11) is 0. The zero-order valence-electron chi connectivity index (χ0n) is 20.2. The summed E-state index contributed by atoms with van der Waals surface area (Å²) in [5.74, 6) is 0.0388. The van der Waals surface area contributed by atoms with Crippen LogP contribution in [-0.4, -0.2) is 22.6 Å². The number of fused-ring (bicyclic) bond motifs is 1. The molecular weight excluding hydrogens is 427 g/mol. The molecule has 0 unspecified atom stereocenters. The largest absolute Gasteiger partial charge is 0.444 e. The zero-order valence-corrected chi connectivity index (χ0v) is 20.2. The fourth-order valence-electron chi connectivity index (χ4n) is 5.08. The van der Waals surface area contributed by atoms with Gasteiger partial charge in [0.2, 0.25) is 0 Å². The van der Waals surface area contributed by atoms with Crippen LogP contribution >= 0.6 is 0 Å². The number of rotatable bonds is 4. The normalized spacial score (nSPS) is 18.9. The van der Waals surface area contributed by atoms with Gasteiger partial charge in [-0.3, -0.25) is 4.90 Å². The molecule has 4 rings (SSSR count). The number of hydrogen-bond donors (Lipinski definition) is 0. The number of carbonyl (C=O) groups excluding carboxylic acids is 1. The third kappa shape index (κ3) is 4.92. The maximum Gasteiger partial charge on any atom is 0.411 e. The van der Waals surface area contributed by atoms with Crippen molar-refractivity contribution < 1.29 is 13.9 Å². The van der Waals surface area contributed by atoms with Crippen molar-refractivity contribution in [2.75, 3.05) is 0 Å². The van der Waals surface area contributed by atoms with Crippen LogP contribution in [0.2, 0.25) is 0 Å². The SMILES string of the molecule is C[C@H](c1ccc(F)c2ccccc12)N(C(=O)OC(C)(C)C)[C@H]1CC[C@@H](c2ccc(C#N)cc2)C1. The molecule has 0 aliphatic heterocycles. The molecule has 0 N–H and O–H groups in total. The molecule has 1 aliphatic carbocycles. The van der Waals surface area contributed by atoms with Crippen molar-refractivity contribution in [3.63, 3.8) is 0 Å². The smallest absolute Gasteiger partial charge is 0.411 e. The van der Waals surface area contributed by atoms with Gasteiger partial charge in [0.1, 0.15) is 11.4 Å². The van der Waals surface area contributed by atoms with Gasteiger partial charge < -0.3 is 4.74 Å². The van der Waals surface area contributed by atoms with Gasteiger partial charge in [0.15, 0.2) is 0 Å². The number of carbonyl (C=O) groups is 1. The summed E-state index contributed by atoms with van der Waals surface area (Å²) in [6.45, 7) is 7.61. The molecule has 176 valence electrons. The first-order valence-corrected chi connectivity index (χ1v) is 11.9. The number of halogens is 1. The number of hydrogen-bond acceptors (Lipinski definition) is 3. The first-order valence-electron chi connectivity index (χ1n) is 11.9. The van der Waals surface area contributed by atoms with Crippen molar-refractivity contribution in [2.45, 2.75) is 70.6 Å². The Balaban J connectivity index is 1.67. The van der Waals surface area contributed by atoms with E-state index in [0.29, 0.717) is 16.9 Å². The molecule has 34 heavy (non-hydrogen) atoms. The second kappa shape index (κ2) is 9.46. The summed E-state index contributed by atoms with van der Waals surface area (Å²) in [6.07, 6.45) is 2.27. The zero-order chi connectivity index (χ0) is 24.5. The molecule has 0 aromatic heterocycles. The van der Waals surface area contributed by atoms with Crippen molar-refractivity contribution in [1.29, 1.82) is 5.26 Å². The van der Waals surface area contributed by atoms with Crippen molar-refractivity contribution in [2.24, 2.45) is 0 Å². The number of ether oxygens (including phenoxy) is 1. The van der Waals surface area contributed by atoms with Gasteiger partial charge in [0, 0.05) is 11.4 Å². The minimum absolute atomic E-state index is 0.00527. The van der Waals surface area contributed by atoms with Gasteiger partial charge in [-0.1, -0.05) is 42.5 Å². The van der Waals surface area contributed by atoms with Gasteiger partial charge in [-0.2, -0.15) is 5.26 Å². The predicted molar refractivity (Wildman–Crippen MR) is 132 cm³/mol. The fourth-order valence-corrected chi connectivity index (χ4v) is 5.08. The van der Waals surface area contributed by atoms with E-state index in [-0.39, 0.29) is 24.0 Å². The van der Waals surface area contributed by atoms with Gasteiger partial charge in [-0.15, -0.1) is 0 Å². The van der Waals surface area contributed by atoms with E-state index in [0.717, 1.165) is 30.2 Å². The molecule has 0 heterocycles. The molecule has 0 saturated heterocycles. The van der Waals surface area contributed by atoms with Crippen molar-refractivity contribution >= 4 is 16.9 Å². The standard InChI is InChI=1S/C29H31FN2O2/c1-19(24-15-16-27(30)26-8-6-5-7-25(24)26)32(28(33)34-29(2,3)4)23-14-13-22(17-23)21-11-9-20(18-31)10-12-21/h5-12,15-16,19,22-23H,13-14,17H2,1-4H3/t19-,22-,23+/m1/s1. The van der Waals surface area contributed by atoms with Gasteiger partial charge in [-0.05, 0) is 87.6 Å². The highest BCUT2D eigenvalue weighted by atomic mass is 19.1. The van der Waals surface area contributed by atoms with Gasteiger partial charge in [0.25, 0.3) is 0 Å². The fraction of sp³-hybridized carbons (Fsp3) is 0.379.